The van der Waals surface area contributed by atoms with Gasteiger partial charge in [-0.2, -0.15) is 0 Å². The first-order valence-corrected chi connectivity index (χ1v) is 20.9. The molecule has 0 spiro atoms. The lowest BCUT2D eigenvalue weighted by molar-refractivity contribution is -0.131. The van der Waals surface area contributed by atoms with Crippen molar-refractivity contribution in [2.75, 3.05) is 61.4 Å². The van der Waals surface area contributed by atoms with Gasteiger partial charge in [0.15, 0.2) is 11.5 Å². The summed E-state index contributed by atoms with van der Waals surface area (Å²) in [4.78, 5) is 19.0. The number of piperidine rings is 1. The van der Waals surface area contributed by atoms with Crippen LogP contribution in [0.15, 0.2) is 54.2 Å². The highest BCUT2D eigenvalue weighted by Gasteiger charge is 2.69. The largest absolute Gasteiger partial charge is 0.497 e. The molecule has 5 aliphatic heterocycles. The molecule has 3 aromatic carbocycles. The van der Waals surface area contributed by atoms with Crippen LogP contribution in [0.25, 0.3) is 0 Å². The number of sulfonamides is 1. The van der Waals surface area contributed by atoms with Crippen LogP contribution < -0.4 is 33.1 Å². The number of hydrogen-bond donors (Lipinski definition) is 0. The Bertz CT molecular complexity index is 2300. The Morgan fingerprint density at radius 2 is 1.71 bits per heavy atom. The molecule has 0 aromatic heterocycles. The quantitative estimate of drug-likeness (QED) is 0.253. The van der Waals surface area contributed by atoms with Crippen molar-refractivity contribution >= 4 is 33.0 Å². The second kappa shape index (κ2) is 13.1. The van der Waals surface area contributed by atoms with Crippen LogP contribution in [0.5, 0.6) is 23.0 Å². The van der Waals surface area contributed by atoms with E-state index in [1.807, 2.05) is 37.3 Å². The van der Waals surface area contributed by atoms with E-state index < -0.39 is 15.4 Å². The van der Waals surface area contributed by atoms with E-state index in [-0.39, 0.29) is 35.9 Å². The number of nitrogens with zero attached hydrogens (tertiary/aromatic N) is 3. The molecule has 11 nitrogen and oxygen atoms in total. The number of hydrogen-bond acceptors (Lipinski definition) is 9. The van der Waals surface area contributed by atoms with Crippen LogP contribution in [-0.4, -0.2) is 79.9 Å². The van der Waals surface area contributed by atoms with E-state index in [0.717, 1.165) is 58.0 Å². The van der Waals surface area contributed by atoms with E-state index in [0.29, 0.717) is 56.2 Å². The van der Waals surface area contributed by atoms with Crippen LogP contribution in [-0.2, 0) is 31.4 Å². The SMILES string of the molecule is CC#Cc1c(C)c(N2C=C3CCO[C@H]4CC(=O)N5c6cc(OC)c(OC)cc6[C@@]6(CCOc7ccc(OC)cc7)[C@@H]5[C@H]4[C@@H]3C[C@@H]26)cc2c1CCN2S(C)(=O)=O. The van der Waals surface area contributed by atoms with Crippen LogP contribution in [0.2, 0.25) is 0 Å². The number of rotatable bonds is 9. The molecule has 3 aromatic rings. The molecule has 2 saturated heterocycles. The van der Waals surface area contributed by atoms with E-state index in [2.05, 4.69) is 46.9 Å². The minimum atomic E-state index is -3.54. The van der Waals surface area contributed by atoms with Crippen LogP contribution in [0, 0.1) is 30.6 Å². The second-order valence-electron chi connectivity index (χ2n) is 15.5. The first kappa shape index (κ1) is 35.8. The highest BCUT2D eigenvalue weighted by Crippen LogP contribution is 2.65. The van der Waals surface area contributed by atoms with Gasteiger partial charge in [0.2, 0.25) is 15.9 Å². The maximum Gasteiger partial charge on any atom is 0.232 e. The Hall–Kier alpha value is -4.86. The maximum absolute atomic E-state index is 14.5. The zero-order chi connectivity index (χ0) is 38.4. The standard InChI is InChI=1S/C43H47N3O8S/c1-7-8-29-25(2)33(21-34-30(29)13-16-45(34)55(6,48)49)44-24-26-14-17-54-38-23-40(47)46-35-22-37(52-5)36(51-4)20-32(35)43(39(44)19-31(26)41(38)42(43)46)15-18-53-28-11-9-27(50-3)10-12-28/h9-12,20-22,24,31,38-39,41-42H,13-19,23H2,1-6H3/t31-,38+,39-,41+,42+,43-/m1/s1. The summed E-state index contributed by atoms with van der Waals surface area (Å²) in [6.45, 7) is 5.21. The normalized spacial score (nSPS) is 27.0. The summed E-state index contributed by atoms with van der Waals surface area (Å²) < 4.78 is 58.3. The molecule has 0 radical (unpaired) electrons. The third-order valence-electron chi connectivity index (χ3n) is 13.1. The monoisotopic (exact) mass is 765 g/mol. The molecule has 6 atom stereocenters. The van der Waals surface area contributed by atoms with Gasteiger partial charge in [0, 0.05) is 47.4 Å². The summed E-state index contributed by atoms with van der Waals surface area (Å²) in [5.74, 6) is 9.41. The van der Waals surface area contributed by atoms with Gasteiger partial charge in [-0.15, -0.1) is 5.92 Å². The number of ether oxygens (including phenoxy) is 5. The first-order valence-electron chi connectivity index (χ1n) is 19.1. The van der Waals surface area contributed by atoms with E-state index in [9.17, 15) is 13.2 Å². The van der Waals surface area contributed by atoms with Crippen LogP contribution in [0.1, 0.15) is 54.9 Å². The molecule has 0 unspecified atom stereocenters. The summed E-state index contributed by atoms with van der Waals surface area (Å²) in [6, 6.07) is 13.3. The summed E-state index contributed by atoms with van der Waals surface area (Å²) in [7, 11) is 1.37. The number of anilines is 3. The number of carbonyl (C=O) groups excluding carboxylic acids is 1. The van der Waals surface area contributed by atoms with Gasteiger partial charge in [0.25, 0.3) is 0 Å². The molecular formula is C43H47N3O8S. The van der Waals surface area contributed by atoms with E-state index in [1.165, 1.54) is 16.1 Å². The number of carbonyl (C=O) groups is 1. The molecule has 9 rings (SSSR count). The zero-order valence-corrected chi connectivity index (χ0v) is 33.0. The van der Waals surface area contributed by atoms with Crippen molar-refractivity contribution in [3.8, 4) is 34.8 Å². The van der Waals surface area contributed by atoms with Crippen molar-refractivity contribution in [1.82, 2.24) is 0 Å². The maximum atomic E-state index is 14.5. The molecule has 2 bridgehead atoms. The minimum absolute atomic E-state index is 0.0367. The zero-order valence-electron chi connectivity index (χ0n) is 32.2. The molecule has 5 heterocycles. The highest BCUT2D eigenvalue weighted by molar-refractivity contribution is 7.92. The van der Waals surface area contributed by atoms with Gasteiger partial charge >= 0.3 is 0 Å². The van der Waals surface area contributed by atoms with Gasteiger partial charge < -0.3 is 33.5 Å². The fourth-order valence-electron chi connectivity index (χ4n) is 11.0. The summed E-state index contributed by atoms with van der Waals surface area (Å²) in [5.41, 5.74) is 6.95. The molecule has 288 valence electrons. The van der Waals surface area contributed by atoms with Gasteiger partial charge in [-0.3, -0.25) is 9.10 Å². The molecule has 1 aliphatic carbocycles. The average Bonchev–Trinajstić information content (AvgIpc) is 3.68. The van der Waals surface area contributed by atoms with E-state index in [4.69, 9.17) is 23.7 Å². The lowest BCUT2D eigenvalue weighted by Crippen LogP contribution is -2.71. The van der Waals surface area contributed by atoms with Crippen LogP contribution in [0.4, 0.5) is 17.1 Å². The average molecular weight is 766 g/mol. The summed E-state index contributed by atoms with van der Waals surface area (Å²) in [5, 5.41) is 0. The molecule has 6 aliphatic rings. The predicted octanol–water partition coefficient (Wildman–Crippen LogP) is 5.74. The topological polar surface area (TPSA) is 107 Å². The smallest absolute Gasteiger partial charge is 0.232 e. The molecule has 1 amide bonds. The van der Waals surface area contributed by atoms with Gasteiger partial charge in [-0.05, 0) is 104 Å². The van der Waals surface area contributed by atoms with Crippen molar-refractivity contribution in [2.45, 2.75) is 69.6 Å². The lowest BCUT2D eigenvalue weighted by Gasteiger charge is -2.61. The fourth-order valence-corrected chi connectivity index (χ4v) is 11.9. The molecule has 3 fully saturated rings. The van der Waals surface area contributed by atoms with Crippen molar-refractivity contribution in [3.63, 3.8) is 0 Å². The van der Waals surface area contributed by atoms with Crippen molar-refractivity contribution < 1.29 is 36.9 Å². The summed E-state index contributed by atoms with van der Waals surface area (Å²) >= 11 is 0. The van der Waals surface area contributed by atoms with E-state index in [1.54, 1.807) is 21.3 Å². The van der Waals surface area contributed by atoms with Crippen molar-refractivity contribution in [2.24, 2.45) is 11.8 Å². The van der Waals surface area contributed by atoms with Crippen LogP contribution >= 0.6 is 0 Å². The Morgan fingerprint density at radius 3 is 2.42 bits per heavy atom. The Morgan fingerprint density at radius 1 is 0.964 bits per heavy atom. The Balaban J connectivity index is 1.29. The highest BCUT2D eigenvalue weighted by atomic mass is 32.2. The number of fused-ring (bicyclic) bond motifs is 6. The Labute approximate surface area is 323 Å². The summed E-state index contributed by atoms with van der Waals surface area (Å²) in [6.07, 6.45) is 6.46. The first-order chi connectivity index (χ1) is 26.5. The van der Waals surface area contributed by atoms with Crippen LogP contribution in [0.3, 0.4) is 0 Å². The minimum Gasteiger partial charge on any atom is -0.497 e. The molecule has 0 N–H and O–H groups in total. The van der Waals surface area contributed by atoms with Gasteiger partial charge in [0.05, 0.1) is 70.7 Å². The predicted molar refractivity (Wildman–Crippen MR) is 210 cm³/mol. The van der Waals surface area contributed by atoms with Gasteiger partial charge in [-0.25, -0.2) is 8.42 Å². The Kier molecular flexibility index (Phi) is 8.55. The lowest BCUT2D eigenvalue weighted by atomic mass is 9.52. The fraction of sp³-hybridized carbons (Fsp3) is 0.465. The third-order valence-corrected chi connectivity index (χ3v) is 14.3. The van der Waals surface area contributed by atoms with Gasteiger partial charge in [0.1, 0.15) is 11.5 Å². The van der Waals surface area contributed by atoms with Crippen molar-refractivity contribution in [1.29, 1.82) is 0 Å². The third kappa shape index (κ3) is 5.26. The second-order valence-corrected chi connectivity index (χ2v) is 17.4. The molecule has 12 heteroatoms. The van der Waals surface area contributed by atoms with Crippen molar-refractivity contribution in [3.05, 3.63) is 76.5 Å². The number of amides is 1. The molecule has 1 saturated carbocycles. The number of benzene rings is 3. The molecular weight excluding hydrogens is 719 g/mol. The van der Waals surface area contributed by atoms with E-state index >= 15 is 0 Å². The number of methoxy groups -OCH3 is 3. The molecule has 55 heavy (non-hydrogen) atoms. The van der Waals surface area contributed by atoms with Gasteiger partial charge in [-0.1, -0.05) is 5.92 Å².